The molecule has 30 heavy (non-hydrogen) atoms. The van der Waals surface area contributed by atoms with E-state index in [0.29, 0.717) is 0 Å². The van der Waals surface area contributed by atoms with Crippen LogP contribution < -0.4 is 4.90 Å². The fourth-order valence-electron chi connectivity index (χ4n) is 4.85. The van der Waals surface area contributed by atoms with Crippen LogP contribution in [0.3, 0.4) is 0 Å². The van der Waals surface area contributed by atoms with E-state index in [1.807, 2.05) is 0 Å². The lowest BCUT2D eigenvalue weighted by atomic mass is 9.90. The van der Waals surface area contributed by atoms with Crippen molar-refractivity contribution in [2.24, 2.45) is 7.05 Å². The van der Waals surface area contributed by atoms with Crippen LogP contribution in [0.2, 0.25) is 0 Å². The molecular weight excluding hydrogens is 364 g/mol. The average molecular weight is 386 g/mol. The SMILES string of the molecule is CN1/C(=C\c2ccc3c4ccccc4n(C)c3c2)c2ccccc2-c2ccccc21. The predicted octanol–water partition coefficient (Wildman–Crippen LogP) is 6.95. The maximum Gasteiger partial charge on any atom is 0.0494 e. The molecule has 1 aromatic heterocycles. The van der Waals surface area contributed by atoms with Gasteiger partial charge in [0, 0.05) is 58.4 Å². The molecule has 0 fully saturated rings. The molecule has 4 aromatic carbocycles. The largest absolute Gasteiger partial charge is 0.344 e. The summed E-state index contributed by atoms with van der Waals surface area (Å²) in [6.45, 7) is 0. The van der Waals surface area contributed by atoms with Crippen LogP contribution in [0.5, 0.6) is 0 Å². The molecular formula is C28H22N2. The lowest BCUT2D eigenvalue weighted by Crippen LogP contribution is -2.20. The molecule has 1 aliphatic heterocycles. The summed E-state index contributed by atoms with van der Waals surface area (Å²) in [5, 5.41) is 2.61. The molecule has 2 heterocycles. The first kappa shape index (κ1) is 17.1. The number of hydrogen-bond acceptors (Lipinski definition) is 1. The van der Waals surface area contributed by atoms with Crippen LogP contribution in [0.4, 0.5) is 5.69 Å². The molecule has 1 aliphatic rings. The van der Waals surface area contributed by atoms with Gasteiger partial charge in [-0.25, -0.2) is 0 Å². The molecule has 0 atom stereocenters. The normalized spacial score (nSPS) is 14.3. The van der Waals surface area contributed by atoms with Crippen molar-refractivity contribution >= 4 is 39.3 Å². The first-order chi connectivity index (χ1) is 14.7. The first-order valence-electron chi connectivity index (χ1n) is 10.3. The summed E-state index contributed by atoms with van der Waals surface area (Å²) in [5.41, 5.74) is 10.1. The van der Waals surface area contributed by atoms with E-state index in [0.717, 1.165) is 0 Å². The highest BCUT2D eigenvalue weighted by atomic mass is 15.1. The highest BCUT2D eigenvalue weighted by Gasteiger charge is 2.23. The third-order valence-electron chi connectivity index (χ3n) is 6.36. The number of rotatable bonds is 1. The van der Waals surface area contributed by atoms with Gasteiger partial charge in [-0.1, -0.05) is 72.8 Å². The summed E-state index contributed by atoms with van der Waals surface area (Å²) in [5.74, 6) is 0. The van der Waals surface area contributed by atoms with Gasteiger partial charge in [0.15, 0.2) is 0 Å². The first-order valence-corrected chi connectivity index (χ1v) is 10.3. The monoisotopic (exact) mass is 386 g/mol. The van der Waals surface area contributed by atoms with Gasteiger partial charge in [0.1, 0.15) is 0 Å². The number of benzene rings is 4. The number of nitrogens with zero attached hydrogens (tertiary/aromatic N) is 2. The van der Waals surface area contributed by atoms with Crippen LogP contribution in [0.1, 0.15) is 11.1 Å². The van der Waals surface area contributed by atoms with Crippen LogP contribution >= 0.6 is 0 Å². The van der Waals surface area contributed by atoms with Gasteiger partial charge >= 0.3 is 0 Å². The molecule has 2 nitrogen and oxygen atoms in total. The van der Waals surface area contributed by atoms with Crippen LogP contribution in [0.25, 0.3) is 44.7 Å². The Kier molecular flexibility index (Phi) is 3.63. The van der Waals surface area contributed by atoms with Crippen molar-refractivity contribution < 1.29 is 0 Å². The number of fused-ring (bicyclic) bond motifs is 6. The number of aryl methyl sites for hydroxylation is 1. The number of hydrogen-bond donors (Lipinski definition) is 0. The fourth-order valence-corrected chi connectivity index (χ4v) is 4.85. The molecule has 0 saturated heterocycles. The molecule has 0 radical (unpaired) electrons. The molecule has 6 rings (SSSR count). The Hall–Kier alpha value is -3.78. The van der Waals surface area contributed by atoms with E-state index in [9.17, 15) is 0 Å². The zero-order valence-electron chi connectivity index (χ0n) is 17.1. The van der Waals surface area contributed by atoms with Gasteiger partial charge in [-0.15, -0.1) is 0 Å². The lowest BCUT2D eigenvalue weighted by molar-refractivity contribution is 1.01. The molecule has 0 spiro atoms. The van der Waals surface area contributed by atoms with Gasteiger partial charge in [-0.3, -0.25) is 0 Å². The van der Waals surface area contributed by atoms with Crippen molar-refractivity contribution in [2.75, 3.05) is 11.9 Å². The standard InChI is InChI=1S/C28H22N2/c1-29-25-13-7-5-10-21(25)20-9-3-4-11-22(20)27(29)17-19-15-16-24-23-12-6-8-14-26(23)30(2)28(24)18-19/h3-18H,1-2H3/b27-17-. The summed E-state index contributed by atoms with van der Waals surface area (Å²) in [4.78, 5) is 2.31. The van der Waals surface area contributed by atoms with Crippen molar-refractivity contribution in [3.8, 4) is 11.1 Å². The van der Waals surface area contributed by atoms with E-state index in [-0.39, 0.29) is 0 Å². The maximum absolute atomic E-state index is 2.31. The predicted molar refractivity (Wildman–Crippen MR) is 129 cm³/mol. The van der Waals surface area contributed by atoms with Crippen molar-refractivity contribution in [3.05, 3.63) is 102 Å². The maximum atomic E-state index is 2.31. The molecule has 0 N–H and O–H groups in total. The Bertz CT molecular complexity index is 1470. The third kappa shape index (κ3) is 2.37. The van der Waals surface area contributed by atoms with E-state index in [1.54, 1.807) is 0 Å². The molecule has 0 amide bonds. The molecule has 0 saturated carbocycles. The average Bonchev–Trinajstić information content (AvgIpc) is 3.08. The summed E-state index contributed by atoms with van der Waals surface area (Å²) in [7, 11) is 4.32. The zero-order chi connectivity index (χ0) is 20.2. The van der Waals surface area contributed by atoms with Crippen molar-refractivity contribution in [1.29, 1.82) is 0 Å². The summed E-state index contributed by atoms with van der Waals surface area (Å²) in [6, 6.07) is 32.8. The minimum atomic E-state index is 1.21. The van der Waals surface area contributed by atoms with Crippen LogP contribution in [0, 0.1) is 0 Å². The van der Waals surface area contributed by atoms with E-state index in [4.69, 9.17) is 0 Å². The fraction of sp³-hybridized carbons (Fsp3) is 0.0714. The second-order valence-corrected chi connectivity index (χ2v) is 8.00. The number of aromatic nitrogens is 1. The van der Waals surface area contributed by atoms with Crippen molar-refractivity contribution in [1.82, 2.24) is 4.57 Å². The molecule has 0 unspecified atom stereocenters. The van der Waals surface area contributed by atoms with Crippen LogP contribution in [0.15, 0.2) is 91.0 Å². The van der Waals surface area contributed by atoms with E-state index >= 15 is 0 Å². The molecule has 0 bridgehead atoms. The van der Waals surface area contributed by atoms with Crippen molar-refractivity contribution in [3.63, 3.8) is 0 Å². The van der Waals surface area contributed by atoms with Crippen molar-refractivity contribution in [2.45, 2.75) is 0 Å². The van der Waals surface area contributed by atoms with E-state index < -0.39 is 0 Å². The van der Waals surface area contributed by atoms with Gasteiger partial charge in [-0.05, 0) is 35.4 Å². The highest BCUT2D eigenvalue weighted by Crippen LogP contribution is 2.44. The van der Waals surface area contributed by atoms with Crippen LogP contribution in [-0.4, -0.2) is 11.6 Å². The van der Waals surface area contributed by atoms with E-state index in [1.165, 1.54) is 55.4 Å². The highest BCUT2D eigenvalue weighted by molar-refractivity contribution is 6.09. The minimum Gasteiger partial charge on any atom is -0.344 e. The van der Waals surface area contributed by atoms with Gasteiger partial charge in [0.25, 0.3) is 0 Å². The van der Waals surface area contributed by atoms with Gasteiger partial charge in [-0.2, -0.15) is 0 Å². The molecule has 2 heteroatoms. The van der Waals surface area contributed by atoms with Gasteiger partial charge < -0.3 is 9.47 Å². The van der Waals surface area contributed by atoms with Gasteiger partial charge in [0.2, 0.25) is 0 Å². The minimum absolute atomic E-state index is 1.21. The second kappa shape index (κ2) is 6.36. The van der Waals surface area contributed by atoms with E-state index in [2.05, 4.69) is 121 Å². The molecule has 144 valence electrons. The summed E-state index contributed by atoms with van der Waals surface area (Å²) < 4.78 is 2.29. The smallest absolute Gasteiger partial charge is 0.0494 e. The Labute approximate surface area is 176 Å². The lowest BCUT2D eigenvalue weighted by Gasteiger charge is -2.32. The Balaban J connectivity index is 1.57. The number of para-hydroxylation sites is 2. The molecule has 5 aromatic rings. The molecule has 0 aliphatic carbocycles. The summed E-state index contributed by atoms with van der Waals surface area (Å²) in [6.07, 6.45) is 2.31. The summed E-state index contributed by atoms with van der Waals surface area (Å²) >= 11 is 0. The second-order valence-electron chi connectivity index (χ2n) is 8.00. The Morgan fingerprint density at radius 3 is 2.13 bits per heavy atom. The Morgan fingerprint density at radius 2 is 1.27 bits per heavy atom. The topological polar surface area (TPSA) is 8.17 Å². The number of anilines is 1. The quantitative estimate of drug-likeness (QED) is 0.303. The third-order valence-corrected chi connectivity index (χ3v) is 6.36. The van der Waals surface area contributed by atoms with Crippen LogP contribution in [-0.2, 0) is 7.05 Å². The Morgan fingerprint density at radius 1 is 0.600 bits per heavy atom. The zero-order valence-corrected chi connectivity index (χ0v) is 17.1. The van der Waals surface area contributed by atoms with Gasteiger partial charge in [0.05, 0.1) is 0 Å².